The van der Waals surface area contributed by atoms with E-state index in [-0.39, 0.29) is 0 Å². The van der Waals surface area contributed by atoms with Crippen molar-refractivity contribution < 1.29 is 4.74 Å². The van der Waals surface area contributed by atoms with Gasteiger partial charge in [0.1, 0.15) is 6.61 Å². The molecule has 3 heteroatoms. The monoisotopic (exact) mass is 173 g/mol. The van der Waals surface area contributed by atoms with Crippen LogP contribution in [-0.4, -0.2) is 24.7 Å². The molecule has 2 unspecified atom stereocenters. The largest absolute Gasteiger partial charge is 0.479 e. The second-order valence-electron chi connectivity index (χ2n) is 2.82. The van der Waals surface area contributed by atoms with Crippen LogP contribution in [-0.2, 0) is 4.74 Å². The van der Waals surface area contributed by atoms with Crippen molar-refractivity contribution in [2.75, 3.05) is 13.2 Å². The van der Waals surface area contributed by atoms with E-state index in [1.807, 2.05) is 0 Å². The molecule has 2 atom stereocenters. The minimum absolute atomic E-state index is 0.456. The van der Waals surface area contributed by atoms with Crippen molar-refractivity contribution in [2.45, 2.75) is 31.8 Å². The smallest absolute Gasteiger partial charge is 0.190 e. The summed E-state index contributed by atoms with van der Waals surface area (Å²) in [6, 6.07) is 0. The fourth-order valence-corrected chi connectivity index (χ4v) is 1.56. The third-order valence-electron chi connectivity index (χ3n) is 1.79. The van der Waals surface area contributed by atoms with Crippen molar-refractivity contribution in [1.29, 1.82) is 0 Å². The quantitative estimate of drug-likeness (QED) is 0.594. The average Bonchev–Trinajstić information content (AvgIpc) is 2.52. The first kappa shape index (κ1) is 8.99. The van der Waals surface area contributed by atoms with Crippen molar-refractivity contribution in [2.24, 2.45) is 4.99 Å². The van der Waals surface area contributed by atoms with Gasteiger partial charge in [0.05, 0.1) is 6.54 Å². The molecule has 0 aliphatic carbocycles. The van der Waals surface area contributed by atoms with Crippen molar-refractivity contribution >= 4 is 15.1 Å². The van der Waals surface area contributed by atoms with Gasteiger partial charge in [-0.1, -0.05) is 19.8 Å². The molecule has 0 spiro atoms. The lowest BCUT2D eigenvalue weighted by atomic mass is 10.2. The molecule has 0 fully saturated rings. The van der Waals surface area contributed by atoms with Gasteiger partial charge in [0.2, 0.25) is 0 Å². The van der Waals surface area contributed by atoms with Crippen LogP contribution in [0, 0.1) is 0 Å². The average molecular weight is 173 g/mol. The Morgan fingerprint density at radius 2 is 2.55 bits per heavy atom. The number of nitrogens with zero attached hydrogens (tertiary/aromatic N) is 1. The third kappa shape index (κ3) is 2.78. The van der Waals surface area contributed by atoms with Crippen molar-refractivity contribution in [3.05, 3.63) is 0 Å². The van der Waals surface area contributed by atoms with Crippen LogP contribution in [0.4, 0.5) is 0 Å². The lowest BCUT2D eigenvalue weighted by Crippen LogP contribution is -2.13. The fourth-order valence-electron chi connectivity index (χ4n) is 1.12. The van der Waals surface area contributed by atoms with Crippen LogP contribution in [0.15, 0.2) is 4.99 Å². The van der Waals surface area contributed by atoms with Crippen LogP contribution in [0.3, 0.4) is 0 Å². The number of hydrogen-bond acceptors (Lipinski definition) is 2. The molecule has 1 aliphatic heterocycles. The Bertz CT molecular complexity index is 147. The summed E-state index contributed by atoms with van der Waals surface area (Å²) in [4.78, 5) is 4.26. The van der Waals surface area contributed by atoms with Gasteiger partial charge in [-0.2, -0.15) is 0 Å². The molecular weight excluding hydrogens is 157 g/mol. The Kier molecular flexibility index (Phi) is 3.85. The first-order valence-corrected chi connectivity index (χ1v) is 4.94. The summed E-state index contributed by atoms with van der Waals surface area (Å²) in [5, 5.41) is 0. The summed E-state index contributed by atoms with van der Waals surface area (Å²) in [5.41, 5.74) is 0.456. The second-order valence-corrected chi connectivity index (χ2v) is 3.62. The highest BCUT2D eigenvalue weighted by Crippen LogP contribution is 2.15. The maximum absolute atomic E-state index is 5.34. The van der Waals surface area contributed by atoms with E-state index >= 15 is 0 Å². The van der Waals surface area contributed by atoms with Gasteiger partial charge < -0.3 is 4.74 Å². The standard InChI is InChI=1S/C8H16NOP/c1-2-3-4-7(11)8-9-5-6-10-8/h7H,2-6,11H2,1H3. The van der Waals surface area contributed by atoms with E-state index < -0.39 is 0 Å². The zero-order valence-electron chi connectivity index (χ0n) is 7.05. The van der Waals surface area contributed by atoms with Crippen LogP contribution >= 0.6 is 9.24 Å². The Labute approximate surface area is 70.6 Å². The molecule has 1 heterocycles. The Morgan fingerprint density at radius 1 is 1.73 bits per heavy atom. The number of aliphatic imine (C=N–C) groups is 1. The molecule has 0 bridgehead atoms. The molecular formula is C8H16NOP. The molecule has 0 saturated carbocycles. The predicted octanol–water partition coefficient (Wildman–Crippen LogP) is 1.85. The summed E-state index contributed by atoms with van der Waals surface area (Å²) in [7, 11) is 2.80. The van der Waals surface area contributed by atoms with Crippen molar-refractivity contribution in [3.8, 4) is 0 Å². The topological polar surface area (TPSA) is 21.6 Å². The minimum Gasteiger partial charge on any atom is -0.479 e. The van der Waals surface area contributed by atoms with E-state index in [1.54, 1.807) is 0 Å². The van der Waals surface area contributed by atoms with Crippen LogP contribution in [0.1, 0.15) is 26.2 Å². The van der Waals surface area contributed by atoms with Gasteiger partial charge >= 0.3 is 0 Å². The zero-order chi connectivity index (χ0) is 8.10. The minimum atomic E-state index is 0.456. The number of hydrogen-bond donors (Lipinski definition) is 0. The van der Waals surface area contributed by atoms with E-state index in [9.17, 15) is 0 Å². The van der Waals surface area contributed by atoms with E-state index in [1.165, 1.54) is 19.3 Å². The van der Waals surface area contributed by atoms with Gasteiger partial charge in [0.15, 0.2) is 5.90 Å². The van der Waals surface area contributed by atoms with Gasteiger partial charge in [-0.05, 0) is 6.42 Å². The Balaban J connectivity index is 2.23. The lowest BCUT2D eigenvalue weighted by Gasteiger charge is -2.09. The zero-order valence-corrected chi connectivity index (χ0v) is 8.20. The van der Waals surface area contributed by atoms with Gasteiger partial charge in [-0.25, -0.2) is 0 Å². The van der Waals surface area contributed by atoms with Crippen LogP contribution in [0.2, 0.25) is 0 Å². The van der Waals surface area contributed by atoms with Crippen LogP contribution in [0.25, 0.3) is 0 Å². The SMILES string of the molecule is CCCCC(P)C1=NCCO1. The summed E-state index contributed by atoms with van der Waals surface area (Å²) in [6.45, 7) is 3.84. The number of ether oxygens (including phenoxy) is 1. The molecule has 0 aromatic rings. The molecule has 2 nitrogen and oxygen atoms in total. The first-order valence-electron chi connectivity index (χ1n) is 4.27. The molecule has 0 saturated heterocycles. The highest BCUT2D eigenvalue weighted by atomic mass is 31.0. The van der Waals surface area contributed by atoms with E-state index in [2.05, 4.69) is 21.2 Å². The van der Waals surface area contributed by atoms with Gasteiger partial charge in [0, 0.05) is 5.66 Å². The van der Waals surface area contributed by atoms with Crippen LogP contribution < -0.4 is 0 Å². The summed E-state index contributed by atoms with van der Waals surface area (Å²) >= 11 is 0. The summed E-state index contributed by atoms with van der Waals surface area (Å²) < 4.78 is 5.34. The third-order valence-corrected chi connectivity index (χ3v) is 2.41. The number of rotatable bonds is 4. The van der Waals surface area contributed by atoms with Gasteiger partial charge in [-0.3, -0.25) is 4.99 Å². The highest BCUT2D eigenvalue weighted by Gasteiger charge is 2.14. The molecule has 1 rings (SSSR count). The predicted molar refractivity (Wildman–Crippen MR) is 51.3 cm³/mol. The van der Waals surface area contributed by atoms with E-state index in [4.69, 9.17) is 4.74 Å². The van der Waals surface area contributed by atoms with E-state index in [0.717, 1.165) is 19.0 Å². The van der Waals surface area contributed by atoms with Gasteiger partial charge in [-0.15, -0.1) is 9.24 Å². The molecule has 1 aliphatic rings. The Morgan fingerprint density at radius 3 is 3.09 bits per heavy atom. The fraction of sp³-hybridized carbons (Fsp3) is 0.875. The normalized spacial score (nSPS) is 19.3. The first-order chi connectivity index (χ1) is 5.34. The maximum atomic E-state index is 5.34. The van der Waals surface area contributed by atoms with Crippen LogP contribution in [0.5, 0.6) is 0 Å². The molecule has 0 radical (unpaired) electrons. The summed E-state index contributed by atoms with van der Waals surface area (Å²) in [5.74, 6) is 0.948. The highest BCUT2D eigenvalue weighted by molar-refractivity contribution is 7.19. The summed E-state index contributed by atoms with van der Waals surface area (Å²) in [6.07, 6.45) is 3.69. The molecule has 0 N–H and O–H groups in total. The lowest BCUT2D eigenvalue weighted by molar-refractivity contribution is 0.338. The van der Waals surface area contributed by atoms with E-state index in [0.29, 0.717) is 5.66 Å². The molecule has 64 valence electrons. The molecule has 11 heavy (non-hydrogen) atoms. The van der Waals surface area contributed by atoms with Crippen molar-refractivity contribution in [1.82, 2.24) is 0 Å². The number of unbranched alkanes of at least 4 members (excludes halogenated alkanes) is 1. The maximum Gasteiger partial charge on any atom is 0.190 e. The molecule has 0 aromatic carbocycles. The Hall–Kier alpha value is -0.100. The van der Waals surface area contributed by atoms with Gasteiger partial charge in [0.25, 0.3) is 0 Å². The molecule has 0 aromatic heterocycles. The second kappa shape index (κ2) is 4.71. The van der Waals surface area contributed by atoms with Crippen molar-refractivity contribution in [3.63, 3.8) is 0 Å². The molecule has 0 amide bonds.